The van der Waals surface area contributed by atoms with Crippen molar-refractivity contribution in [1.29, 1.82) is 0 Å². The third-order valence-electron chi connectivity index (χ3n) is 1.06. The minimum Gasteiger partial charge on any atom is -0.298 e. The Bertz CT molecular complexity index is 234. The van der Waals surface area contributed by atoms with E-state index < -0.39 is 0 Å². The second kappa shape index (κ2) is 3.56. The maximum Gasteiger partial charge on any atom is 0.150 e. The van der Waals surface area contributed by atoms with E-state index in [4.69, 9.17) is 0 Å². The molecule has 0 N–H and O–H groups in total. The Labute approximate surface area is 59.3 Å². The van der Waals surface area contributed by atoms with Crippen molar-refractivity contribution in [2.24, 2.45) is 4.99 Å². The van der Waals surface area contributed by atoms with Crippen molar-refractivity contribution < 1.29 is 4.79 Å². The molecular formula is C8H7NO. The van der Waals surface area contributed by atoms with E-state index in [2.05, 4.69) is 4.99 Å². The lowest BCUT2D eigenvalue weighted by molar-refractivity contribution is -0.104. The Kier molecular flexibility index (Phi) is 2.38. The lowest BCUT2D eigenvalue weighted by Crippen LogP contribution is -1.78. The van der Waals surface area contributed by atoms with E-state index in [-0.39, 0.29) is 0 Å². The largest absolute Gasteiger partial charge is 0.298 e. The van der Waals surface area contributed by atoms with Gasteiger partial charge in [0.05, 0.1) is 0 Å². The molecule has 2 heteroatoms. The molecule has 0 radical (unpaired) electrons. The van der Waals surface area contributed by atoms with Crippen LogP contribution in [-0.4, -0.2) is 12.5 Å². The first-order valence-electron chi connectivity index (χ1n) is 2.95. The highest BCUT2D eigenvalue weighted by molar-refractivity contribution is 5.80. The fourth-order valence-electron chi connectivity index (χ4n) is 0.579. The van der Waals surface area contributed by atoms with Gasteiger partial charge in [-0.15, -0.1) is 0 Å². The van der Waals surface area contributed by atoms with Gasteiger partial charge in [0, 0.05) is 18.0 Å². The summed E-state index contributed by atoms with van der Waals surface area (Å²) in [5, 5.41) is 0. The van der Waals surface area contributed by atoms with E-state index in [9.17, 15) is 4.79 Å². The topological polar surface area (TPSA) is 29.4 Å². The van der Waals surface area contributed by atoms with Crippen molar-refractivity contribution in [1.82, 2.24) is 0 Å². The van der Waals surface area contributed by atoms with Crippen LogP contribution in [0.2, 0.25) is 0 Å². The Balaban J connectivity index is 2.82. The molecule has 0 saturated carbocycles. The van der Waals surface area contributed by atoms with Crippen LogP contribution in [0.4, 0.5) is 0 Å². The Morgan fingerprint density at radius 3 is 3.10 bits per heavy atom. The van der Waals surface area contributed by atoms with E-state index in [1.807, 2.05) is 0 Å². The van der Waals surface area contributed by atoms with Gasteiger partial charge in [-0.25, -0.2) is 0 Å². The lowest BCUT2D eigenvalue weighted by Gasteiger charge is -1.86. The summed E-state index contributed by atoms with van der Waals surface area (Å²) >= 11 is 0. The van der Waals surface area contributed by atoms with Crippen LogP contribution in [-0.2, 0) is 4.79 Å². The van der Waals surface area contributed by atoms with Gasteiger partial charge in [-0.3, -0.25) is 9.79 Å². The minimum absolute atomic E-state index is 0.633. The summed E-state index contributed by atoms with van der Waals surface area (Å²) in [5.74, 6) is 0. The molecule has 2 nitrogen and oxygen atoms in total. The molecule has 0 aromatic carbocycles. The molecular weight excluding hydrogens is 126 g/mol. The van der Waals surface area contributed by atoms with Gasteiger partial charge in [-0.1, -0.05) is 12.2 Å². The van der Waals surface area contributed by atoms with E-state index in [1.54, 1.807) is 36.7 Å². The molecule has 1 aliphatic heterocycles. The lowest BCUT2D eigenvalue weighted by atomic mass is 10.2. The normalized spacial score (nSPS) is 15.8. The van der Waals surface area contributed by atoms with Crippen molar-refractivity contribution in [3.63, 3.8) is 0 Å². The predicted molar refractivity (Wildman–Crippen MR) is 40.9 cm³/mol. The summed E-state index contributed by atoms with van der Waals surface area (Å²) in [6.07, 6.45) is 11.0. The van der Waals surface area contributed by atoms with Crippen LogP contribution >= 0.6 is 0 Å². The van der Waals surface area contributed by atoms with Crippen LogP contribution in [0.5, 0.6) is 0 Å². The first kappa shape index (κ1) is 6.68. The number of carbonyl (C=O) groups excluding carboxylic acids is 1. The van der Waals surface area contributed by atoms with Gasteiger partial charge in [0.2, 0.25) is 0 Å². The van der Waals surface area contributed by atoms with Gasteiger partial charge in [-0.2, -0.15) is 0 Å². The first-order valence-corrected chi connectivity index (χ1v) is 2.95. The van der Waals surface area contributed by atoms with Crippen molar-refractivity contribution in [2.75, 3.05) is 0 Å². The second-order valence-corrected chi connectivity index (χ2v) is 1.78. The summed E-state index contributed by atoms with van der Waals surface area (Å²) in [6.45, 7) is 0. The molecule has 0 aliphatic carbocycles. The van der Waals surface area contributed by atoms with Gasteiger partial charge < -0.3 is 0 Å². The molecule has 1 rings (SSSR count). The molecule has 0 fully saturated rings. The molecule has 0 unspecified atom stereocenters. The number of aliphatic imine (C=N–C) groups is 1. The number of aldehydes is 1. The highest BCUT2D eigenvalue weighted by Gasteiger charge is 1.84. The van der Waals surface area contributed by atoms with Crippen LogP contribution in [0.25, 0.3) is 0 Å². The zero-order chi connectivity index (χ0) is 7.23. The Morgan fingerprint density at radius 2 is 2.30 bits per heavy atom. The van der Waals surface area contributed by atoms with Crippen molar-refractivity contribution in [3.8, 4) is 0 Å². The number of allylic oxidation sites excluding steroid dienone is 5. The molecule has 1 heterocycles. The molecule has 50 valence electrons. The minimum atomic E-state index is 0.633. The predicted octanol–water partition coefficient (Wildman–Crippen LogP) is 1.27. The quantitative estimate of drug-likeness (QED) is 0.495. The van der Waals surface area contributed by atoms with Gasteiger partial charge in [0.1, 0.15) is 6.29 Å². The fourth-order valence-corrected chi connectivity index (χ4v) is 0.579. The maximum absolute atomic E-state index is 10.2. The smallest absolute Gasteiger partial charge is 0.150 e. The third kappa shape index (κ3) is 1.82. The Hall–Kier alpha value is -1.44. The molecule has 10 heavy (non-hydrogen) atoms. The fraction of sp³-hybridized carbons (Fsp3) is 0. The summed E-state index contributed by atoms with van der Waals surface area (Å²) in [5.41, 5.74) is 0.633. The van der Waals surface area contributed by atoms with Crippen LogP contribution in [0.1, 0.15) is 0 Å². The Morgan fingerprint density at radius 1 is 1.40 bits per heavy atom. The van der Waals surface area contributed by atoms with Crippen LogP contribution in [0.3, 0.4) is 0 Å². The number of hydrogen-bond acceptors (Lipinski definition) is 2. The number of rotatable bonds is 1. The summed E-state index contributed by atoms with van der Waals surface area (Å²) < 4.78 is 0. The van der Waals surface area contributed by atoms with E-state index >= 15 is 0 Å². The summed E-state index contributed by atoms with van der Waals surface area (Å²) in [4.78, 5) is 14.1. The average Bonchev–Trinajstić information content (AvgIpc) is 1.87. The highest BCUT2D eigenvalue weighted by Crippen LogP contribution is 1.95. The SMILES string of the molecule is O=CC1=CC=CC=NC=C1. The van der Waals surface area contributed by atoms with E-state index in [1.165, 1.54) is 0 Å². The van der Waals surface area contributed by atoms with E-state index in [0.717, 1.165) is 6.29 Å². The van der Waals surface area contributed by atoms with Crippen molar-refractivity contribution in [3.05, 3.63) is 36.1 Å². The van der Waals surface area contributed by atoms with Crippen LogP contribution in [0, 0.1) is 0 Å². The standard InChI is InChI=1S/C8H7NO/c10-7-8-3-1-2-5-9-6-4-8/h1-7H. The molecule has 1 aliphatic rings. The molecule has 0 amide bonds. The van der Waals surface area contributed by atoms with Crippen molar-refractivity contribution in [2.45, 2.75) is 0 Å². The first-order chi connectivity index (χ1) is 4.93. The monoisotopic (exact) mass is 133 g/mol. The average molecular weight is 133 g/mol. The zero-order valence-electron chi connectivity index (χ0n) is 5.40. The van der Waals surface area contributed by atoms with Gasteiger partial charge in [0.15, 0.2) is 0 Å². The molecule has 0 aromatic heterocycles. The molecule has 0 aromatic rings. The number of hydrogen-bond donors (Lipinski definition) is 0. The van der Waals surface area contributed by atoms with Crippen LogP contribution in [0.15, 0.2) is 41.1 Å². The second-order valence-electron chi connectivity index (χ2n) is 1.78. The molecule has 0 spiro atoms. The van der Waals surface area contributed by atoms with Crippen molar-refractivity contribution >= 4 is 12.5 Å². The number of nitrogens with zero attached hydrogens (tertiary/aromatic N) is 1. The summed E-state index contributed by atoms with van der Waals surface area (Å²) in [6, 6.07) is 0. The van der Waals surface area contributed by atoms with Gasteiger partial charge >= 0.3 is 0 Å². The number of carbonyl (C=O) groups is 1. The third-order valence-corrected chi connectivity index (χ3v) is 1.06. The van der Waals surface area contributed by atoms with Gasteiger partial charge in [0.25, 0.3) is 0 Å². The van der Waals surface area contributed by atoms with E-state index in [0.29, 0.717) is 5.57 Å². The van der Waals surface area contributed by atoms with Crippen LogP contribution < -0.4 is 0 Å². The highest BCUT2D eigenvalue weighted by atomic mass is 16.1. The molecule has 0 bridgehead atoms. The zero-order valence-corrected chi connectivity index (χ0v) is 5.40. The summed E-state index contributed by atoms with van der Waals surface area (Å²) in [7, 11) is 0. The molecule has 0 saturated heterocycles. The molecule has 0 atom stereocenters. The maximum atomic E-state index is 10.2. The van der Waals surface area contributed by atoms with Gasteiger partial charge in [-0.05, 0) is 12.2 Å².